The van der Waals surface area contributed by atoms with Crippen molar-refractivity contribution in [3.05, 3.63) is 0 Å². The second-order valence-corrected chi connectivity index (χ2v) is 3.79. The van der Waals surface area contributed by atoms with Gasteiger partial charge in [-0.3, -0.25) is 0 Å². The maximum Gasteiger partial charge on any atom is 0.0613 e. The summed E-state index contributed by atoms with van der Waals surface area (Å²) >= 11 is 0. The largest absolute Gasteiger partial charge is 0.383 e. The standard InChI is InChI=1S/C10H24N2O/c1-6-10(12(3)4)7-11-9(2)8-13-5/h9-11H,6-8H2,1-5H3. The smallest absolute Gasteiger partial charge is 0.0613 e. The molecule has 13 heavy (non-hydrogen) atoms. The molecule has 0 aliphatic rings. The van der Waals surface area contributed by atoms with Crippen LogP contribution in [-0.2, 0) is 4.74 Å². The second kappa shape index (κ2) is 7.30. The molecule has 0 rings (SSSR count). The van der Waals surface area contributed by atoms with Crippen LogP contribution in [0.4, 0.5) is 0 Å². The summed E-state index contributed by atoms with van der Waals surface area (Å²) < 4.78 is 5.05. The Morgan fingerprint density at radius 1 is 1.38 bits per heavy atom. The van der Waals surface area contributed by atoms with Gasteiger partial charge in [-0.25, -0.2) is 0 Å². The zero-order valence-corrected chi connectivity index (χ0v) is 9.63. The molecule has 0 saturated heterocycles. The molecule has 0 bridgehead atoms. The lowest BCUT2D eigenvalue weighted by Gasteiger charge is -2.25. The predicted molar refractivity (Wildman–Crippen MR) is 57.1 cm³/mol. The van der Waals surface area contributed by atoms with Gasteiger partial charge in [-0.1, -0.05) is 6.92 Å². The maximum absolute atomic E-state index is 5.05. The van der Waals surface area contributed by atoms with E-state index in [2.05, 4.69) is 38.2 Å². The third-order valence-electron chi connectivity index (χ3n) is 2.32. The van der Waals surface area contributed by atoms with Crippen LogP contribution in [0.2, 0.25) is 0 Å². The number of nitrogens with one attached hydrogen (secondary N) is 1. The molecule has 0 aromatic heterocycles. The van der Waals surface area contributed by atoms with Gasteiger partial charge in [0.1, 0.15) is 0 Å². The summed E-state index contributed by atoms with van der Waals surface area (Å²) in [4.78, 5) is 2.26. The summed E-state index contributed by atoms with van der Waals surface area (Å²) in [7, 11) is 5.98. The van der Waals surface area contributed by atoms with Crippen LogP contribution in [0.1, 0.15) is 20.3 Å². The van der Waals surface area contributed by atoms with E-state index in [4.69, 9.17) is 4.74 Å². The third-order valence-corrected chi connectivity index (χ3v) is 2.32. The first-order valence-corrected chi connectivity index (χ1v) is 5.00. The second-order valence-electron chi connectivity index (χ2n) is 3.79. The number of rotatable bonds is 7. The molecule has 0 fully saturated rings. The molecule has 1 N–H and O–H groups in total. The summed E-state index contributed by atoms with van der Waals surface area (Å²) in [5.74, 6) is 0. The van der Waals surface area contributed by atoms with Crippen LogP contribution < -0.4 is 5.32 Å². The van der Waals surface area contributed by atoms with Crippen LogP contribution in [0.5, 0.6) is 0 Å². The zero-order valence-electron chi connectivity index (χ0n) is 9.63. The average Bonchev–Trinajstić information content (AvgIpc) is 2.05. The predicted octanol–water partition coefficient (Wildman–Crippen LogP) is 0.951. The highest BCUT2D eigenvalue weighted by Gasteiger charge is 2.09. The summed E-state index contributed by atoms with van der Waals surface area (Å²) in [6.45, 7) is 6.18. The lowest BCUT2D eigenvalue weighted by atomic mass is 10.2. The van der Waals surface area contributed by atoms with Gasteiger partial charge in [-0.15, -0.1) is 0 Å². The minimum atomic E-state index is 0.444. The van der Waals surface area contributed by atoms with Gasteiger partial charge in [-0.2, -0.15) is 0 Å². The molecule has 0 saturated carbocycles. The molecule has 80 valence electrons. The van der Waals surface area contributed by atoms with Crippen LogP contribution in [0.25, 0.3) is 0 Å². The molecule has 2 unspecified atom stereocenters. The van der Waals surface area contributed by atoms with Gasteiger partial charge in [0.15, 0.2) is 0 Å². The van der Waals surface area contributed by atoms with Crippen LogP contribution in [-0.4, -0.2) is 51.3 Å². The number of hydrogen-bond donors (Lipinski definition) is 1. The van der Waals surface area contributed by atoms with E-state index >= 15 is 0 Å². The van der Waals surface area contributed by atoms with Crippen molar-refractivity contribution in [3.8, 4) is 0 Å². The van der Waals surface area contributed by atoms with E-state index in [-0.39, 0.29) is 0 Å². The van der Waals surface area contributed by atoms with E-state index in [1.54, 1.807) is 7.11 Å². The van der Waals surface area contributed by atoms with Gasteiger partial charge in [0.05, 0.1) is 6.61 Å². The van der Waals surface area contributed by atoms with Crippen LogP contribution in [0.3, 0.4) is 0 Å². The molecule has 0 spiro atoms. The summed E-state index contributed by atoms with van der Waals surface area (Å²) in [5.41, 5.74) is 0. The summed E-state index contributed by atoms with van der Waals surface area (Å²) in [5, 5.41) is 3.45. The highest BCUT2D eigenvalue weighted by atomic mass is 16.5. The van der Waals surface area contributed by atoms with Crippen molar-refractivity contribution in [3.63, 3.8) is 0 Å². The van der Waals surface area contributed by atoms with Crippen molar-refractivity contribution >= 4 is 0 Å². The number of ether oxygens (including phenoxy) is 1. The molecule has 0 aliphatic carbocycles. The van der Waals surface area contributed by atoms with E-state index in [1.165, 1.54) is 6.42 Å². The number of nitrogens with zero attached hydrogens (tertiary/aromatic N) is 1. The molecule has 2 atom stereocenters. The van der Waals surface area contributed by atoms with Crippen molar-refractivity contribution in [2.75, 3.05) is 34.4 Å². The van der Waals surface area contributed by atoms with Gasteiger partial charge < -0.3 is 15.0 Å². The maximum atomic E-state index is 5.05. The Balaban J connectivity index is 3.59. The summed E-state index contributed by atoms with van der Waals surface area (Å²) in [6, 6.07) is 1.07. The zero-order chi connectivity index (χ0) is 10.3. The van der Waals surface area contributed by atoms with Crippen LogP contribution in [0.15, 0.2) is 0 Å². The van der Waals surface area contributed by atoms with Gasteiger partial charge in [0.2, 0.25) is 0 Å². The van der Waals surface area contributed by atoms with Crippen molar-refractivity contribution in [1.82, 2.24) is 10.2 Å². The quantitative estimate of drug-likeness (QED) is 0.644. The van der Waals surface area contributed by atoms with Crippen molar-refractivity contribution in [2.45, 2.75) is 32.4 Å². The molecule has 0 aromatic rings. The fourth-order valence-corrected chi connectivity index (χ4v) is 1.34. The molecule has 3 heteroatoms. The summed E-state index contributed by atoms with van der Waals surface area (Å²) in [6.07, 6.45) is 1.18. The molecule has 0 heterocycles. The average molecular weight is 188 g/mol. The van der Waals surface area contributed by atoms with Gasteiger partial charge in [0, 0.05) is 25.7 Å². The first kappa shape index (κ1) is 12.9. The number of methoxy groups -OCH3 is 1. The Bertz CT molecular complexity index is 117. The molecular weight excluding hydrogens is 164 g/mol. The van der Waals surface area contributed by atoms with Crippen molar-refractivity contribution < 1.29 is 4.74 Å². The van der Waals surface area contributed by atoms with Gasteiger partial charge in [0.25, 0.3) is 0 Å². The topological polar surface area (TPSA) is 24.5 Å². The first-order valence-electron chi connectivity index (χ1n) is 5.00. The van der Waals surface area contributed by atoms with E-state index in [1.807, 2.05) is 0 Å². The van der Waals surface area contributed by atoms with Crippen molar-refractivity contribution in [2.24, 2.45) is 0 Å². The molecule has 0 radical (unpaired) electrons. The van der Waals surface area contributed by atoms with Crippen molar-refractivity contribution in [1.29, 1.82) is 0 Å². The lowest BCUT2D eigenvalue weighted by molar-refractivity contribution is 0.165. The molecule has 0 aliphatic heterocycles. The third kappa shape index (κ3) is 6.02. The first-order chi connectivity index (χ1) is 6.11. The van der Waals surface area contributed by atoms with E-state index in [9.17, 15) is 0 Å². The Labute approximate surface area is 82.4 Å². The number of likely N-dealkylation sites (N-methyl/N-ethyl adjacent to an activating group) is 1. The normalized spacial score (nSPS) is 16.2. The lowest BCUT2D eigenvalue weighted by Crippen LogP contribution is -2.42. The SMILES string of the molecule is CCC(CNC(C)COC)N(C)C. The van der Waals surface area contributed by atoms with Gasteiger partial charge >= 0.3 is 0 Å². The molecule has 0 aromatic carbocycles. The monoisotopic (exact) mass is 188 g/mol. The number of hydrogen-bond acceptors (Lipinski definition) is 3. The van der Waals surface area contributed by atoms with E-state index in [0.717, 1.165) is 13.2 Å². The Kier molecular flexibility index (Phi) is 7.23. The fraction of sp³-hybridized carbons (Fsp3) is 1.00. The minimum Gasteiger partial charge on any atom is -0.383 e. The fourth-order valence-electron chi connectivity index (χ4n) is 1.34. The van der Waals surface area contributed by atoms with E-state index in [0.29, 0.717) is 12.1 Å². The molecule has 3 nitrogen and oxygen atoms in total. The van der Waals surface area contributed by atoms with Gasteiger partial charge in [-0.05, 0) is 27.4 Å². The Morgan fingerprint density at radius 2 is 2.00 bits per heavy atom. The highest BCUT2D eigenvalue weighted by molar-refractivity contribution is 4.69. The molecular formula is C10H24N2O. The van der Waals surface area contributed by atoms with Crippen LogP contribution in [0, 0.1) is 0 Å². The minimum absolute atomic E-state index is 0.444. The van der Waals surface area contributed by atoms with E-state index < -0.39 is 0 Å². The van der Waals surface area contributed by atoms with Crippen LogP contribution >= 0.6 is 0 Å². The Hall–Kier alpha value is -0.120. The Morgan fingerprint density at radius 3 is 2.38 bits per heavy atom. The molecule has 0 amide bonds. The highest BCUT2D eigenvalue weighted by Crippen LogP contribution is 1.97.